The van der Waals surface area contributed by atoms with Crippen molar-refractivity contribution >= 4 is 0 Å². The lowest BCUT2D eigenvalue weighted by atomic mass is 9.86. The Morgan fingerprint density at radius 2 is 1.75 bits per heavy atom. The van der Waals surface area contributed by atoms with Crippen LogP contribution in [-0.2, 0) is 0 Å². The smallest absolute Gasteiger partial charge is 0.00642 e. The van der Waals surface area contributed by atoms with Crippen LogP contribution >= 0.6 is 0 Å². The molecule has 0 aliphatic heterocycles. The van der Waals surface area contributed by atoms with Crippen LogP contribution in [0.15, 0.2) is 0 Å². The van der Waals surface area contributed by atoms with E-state index in [1.807, 2.05) is 0 Å². The first-order chi connectivity index (χ1) is 5.72. The van der Waals surface area contributed by atoms with Gasteiger partial charge in [0.15, 0.2) is 0 Å². The molecule has 1 N–H and O–H groups in total. The lowest BCUT2D eigenvalue weighted by Gasteiger charge is -2.29. The van der Waals surface area contributed by atoms with Gasteiger partial charge in [-0.1, -0.05) is 0 Å². The van der Waals surface area contributed by atoms with Crippen molar-refractivity contribution in [2.45, 2.75) is 31.7 Å². The van der Waals surface area contributed by atoms with Crippen LogP contribution in [0.25, 0.3) is 0 Å². The van der Waals surface area contributed by atoms with Gasteiger partial charge >= 0.3 is 0 Å². The van der Waals surface area contributed by atoms with E-state index in [0.717, 1.165) is 12.0 Å². The molecule has 0 heterocycles. The number of hydrogen-bond donors (Lipinski definition) is 1. The molecule has 2 nitrogen and oxygen atoms in total. The molecule has 0 saturated heterocycles. The van der Waals surface area contributed by atoms with E-state index < -0.39 is 0 Å². The second-order valence-corrected chi connectivity index (χ2v) is 4.27. The highest BCUT2D eigenvalue weighted by atomic mass is 15.1. The topological polar surface area (TPSA) is 15.3 Å². The summed E-state index contributed by atoms with van der Waals surface area (Å²) >= 11 is 0. The van der Waals surface area contributed by atoms with Crippen LogP contribution in [0.3, 0.4) is 0 Å². The van der Waals surface area contributed by atoms with Crippen LogP contribution in [0.1, 0.15) is 25.7 Å². The Balaban J connectivity index is 2.17. The molecule has 0 radical (unpaired) electrons. The third-order valence-corrected chi connectivity index (χ3v) is 2.88. The summed E-state index contributed by atoms with van der Waals surface area (Å²) in [6.07, 6.45) is 5.55. The van der Waals surface area contributed by atoms with Gasteiger partial charge in [-0.2, -0.15) is 0 Å². The minimum absolute atomic E-state index is 0.795. The van der Waals surface area contributed by atoms with Gasteiger partial charge in [0, 0.05) is 12.6 Å². The lowest BCUT2D eigenvalue weighted by molar-refractivity contribution is 0.239. The van der Waals surface area contributed by atoms with E-state index in [2.05, 4.69) is 31.4 Å². The second kappa shape index (κ2) is 4.83. The van der Waals surface area contributed by atoms with Gasteiger partial charge in [0.2, 0.25) is 0 Å². The predicted molar refractivity (Wildman–Crippen MR) is 53.4 cm³/mol. The maximum Gasteiger partial charge on any atom is 0.00642 e. The predicted octanol–water partition coefficient (Wildman–Crippen LogP) is 1.33. The summed E-state index contributed by atoms with van der Waals surface area (Å²) in [6.45, 7) is 1.27. The van der Waals surface area contributed by atoms with Gasteiger partial charge in [-0.25, -0.2) is 0 Å². The first-order valence-corrected chi connectivity index (χ1v) is 5.04. The van der Waals surface area contributed by atoms with E-state index in [0.29, 0.717) is 0 Å². The van der Waals surface area contributed by atoms with E-state index in [1.165, 1.54) is 32.2 Å². The Labute approximate surface area is 76.3 Å². The zero-order valence-corrected chi connectivity index (χ0v) is 8.64. The molecule has 1 saturated carbocycles. The van der Waals surface area contributed by atoms with Crippen molar-refractivity contribution in [3.05, 3.63) is 0 Å². The van der Waals surface area contributed by atoms with Gasteiger partial charge in [0.05, 0.1) is 0 Å². The van der Waals surface area contributed by atoms with Crippen molar-refractivity contribution in [2.75, 3.05) is 27.7 Å². The van der Waals surface area contributed by atoms with E-state index >= 15 is 0 Å². The van der Waals surface area contributed by atoms with E-state index in [-0.39, 0.29) is 0 Å². The molecule has 0 amide bonds. The minimum atomic E-state index is 0.795. The van der Waals surface area contributed by atoms with Gasteiger partial charge in [0.25, 0.3) is 0 Å². The van der Waals surface area contributed by atoms with E-state index in [4.69, 9.17) is 0 Å². The molecule has 2 heteroatoms. The third-order valence-electron chi connectivity index (χ3n) is 2.88. The molecule has 0 spiro atoms. The molecule has 72 valence electrons. The number of nitrogens with one attached hydrogen (secondary N) is 1. The maximum absolute atomic E-state index is 3.36. The molecular weight excluding hydrogens is 148 g/mol. The van der Waals surface area contributed by atoms with Crippen LogP contribution in [0.5, 0.6) is 0 Å². The quantitative estimate of drug-likeness (QED) is 0.687. The zero-order chi connectivity index (χ0) is 8.97. The van der Waals surface area contributed by atoms with Gasteiger partial charge in [-0.15, -0.1) is 0 Å². The van der Waals surface area contributed by atoms with Crippen molar-refractivity contribution in [3.63, 3.8) is 0 Å². The van der Waals surface area contributed by atoms with Gasteiger partial charge in [0.1, 0.15) is 0 Å². The lowest BCUT2D eigenvalue weighted by Crippen LogP contribution is -2.33. The molecule has 0 bridgehead atoms. The molecule has 0 unspecified atom stereocenters. The Bertz CT molecular complexity index is 115. The molecule has 12 heavy (non-hydrogen) atoms. The van der Waals surface area contributed by atoms with Crippen LogP contribution in [0, 0.1) is 5.92 Å². The first-order valence-electron chi connectivity index (χ1n) is 5.04. The summed E-state index contributed by atoms with van der Waals surface area (Å²) in [4.78, 5) is 2.31. The fourth-order valence-electron chi connectivity index (χ4n) is 2.15. The molecular formula is C10H22N2. The molecule has 0 atom stereocenters. The van der Waals surface area contributed by atoms with Crippen molar-refractivity contribution < 1.29 is 0 Å². The Kier molecular flexibility index (Phi) is 4.02. The fourth-order valence-corrected chi connectivity index (χ4v) is 2.15. The molecule has 1 aliphatic rings. The molecule has 0 aromatic carbocycles. The molecule has 0 aromatic rings. The van der Waals surface area contributed by atoms with Crippen LogP contribution in [0.2, 0.25) is 0 Å². The Morgan fingerprint density at radius 3 is 2.17 bits per heavy atom. The summed E-state index contributed by atoms with van der Waals surface area (Å²) in [5.74, 6) is 0.949. The van der Waals surface area contributed by atoms with Gasteiger partial charge in [-0.3, -0.25) is 0 Å². The van der Waals surface area contributed by atoms with E-state index in [1.54, 1.807) is 0 Å². The first kappa shape index (κ1) is 10.0. The molecule has 1 fully saturated rings. The van der Waals surface area contributed by atoms with Crippen molar-refractivity contribution in [1.82, 2.24) is 10.2 Å². The van der Waals surface area contributed by atoms with Crippen LogP contribution in [-0.4, -0.2) is 38.6 Å². The zero-order valence-electron chi connectivity index (χ0n) is 8.64. The average molecular weight is 170 g/mol. The standard InChI is InChI=1S/C10H22N2/c1-11-10-6-4-9(5-7-10)8-12(2)3/h9-11H,4-8H2,1-3H3. The molecule has 1 aliphatic carbocycles. The highest BCUT2D eigenvalue weighted by Gasteiger charge is 2.19. The largest absolute Gasteiger partial charge is 0.317 e. The number of rotatable bonds is 3. The maximum atomic E-state index is 3.36. The average Bonchev–Trinajstić information content (AvgIpc) is 2.05. The monoisotopic (exact) mass is 170 g/mol. The fraction of sp³-hybridized carbons (Fsp3) is 1.00. The Hall–Kier alpha value is -0.0800. The summed E-state index contributed by atoms with van der Waals surface area (Å²) in [5, 5.41) is 3.36. The van der Waals surface area contributed by atoms with Crippen molar-refractivity contribution in [3.8, 4) is 0 Å². The normalized spacial score (nSPS) is 31.0. The van der Waals surface area contributed by atoms with Crippen molar-refractivity contribution in [2.24, 2.45) is 5.92 Å². The highest BCUT2D eigenvalue weighted by Crippen LogP contribution is 2.24. The van der Waals surface area contributed by atoms with Crippen molar-refractivity contribution in [1.29, 1.82) is 0 Å². The summed E-state index contributed by atoms with van der Waals surface area (Å²) in [7, 11) is 6.42. The summed E-state index contributed by atoms with van der Waals surface area (Å²) in [6, 6.07) is 0.795. The number of hydrogen-bond acceptors (Lipinski definition) is 2. The molecule has 0 aromatic heterocycles. The third kappa shape index (κ3) is 3.11. The van der Waals surface area contributed by atoms with E-state index in [9.17, 15) is 0 Å². The van der Waals surface area contributed by atoms with Gasteiger partial charge < -0.3 is 10.2 Å². The number of nitrogens with zero attached hydrogens (tertiary/aromatic N) is 1. The minimum Gasteiger partial charge on any atom is -0.317 e. The SMILES string of the molecule is CNC1CCC(CN(C)C)CC1. The molecule has 1 rings (SSSR count). The van der Waals surface area contributed by atoms with Gasteiger partial charge in [-0.05, 0) is 52.7 Å². The Morgan fingerprint density at radius 1 is 1.17 bits per heavy atom. The summed E-state index contributed by atoms with van der Waals surface area (Å²) in [5.41, 5.74) is 0. The second-order valence-electron chi connectivity index (χ2n) is 4.27. The van der Waals surface area contributed by atoms with Crippen LogP contribution < -0.4 is 5.32 Å². The van der Waals surface area contributed by atoms with Crippen LogP contribution in [0.4, 0.5) is 0 Å². The summed E-state index contributed by atoms with van der Waals surface area (Å²) < 4.78 is 0. The highest BCUT2D eigenvalue weighted by molar-refractivity contribution is 4.76.